The summed E-state index contributed by atoms with van der Waals surface area (Å²) in [5.41, 5.74) is -0.285. The molecule has 0 aromatic heterocycles. The highest BCUT2D eigenvalue weighted by Gasteiger charge is 2.65. The summed E-state index contributed by atoms with van der Waals surface area (Å²) >= 11 is 0. The fourth-order valence-electron chi connectivity index (χ4n) is 6.07. The maximum Gasteiger partial charge on any atom is 0.408 e. The summed E-state index contributed by atoms with van der Waals surface area (Å²) in [5.74, 6) is -2.63. The van der Waals surface area contributed by atoms with Crippen molar-refractivity contribution in [1.82, 2.24) is 5.32 Å². The maximum absolute atomic E-state index is 13.7. The summed E-state index contributed by atoms with van der Waals surface area (Å²) in [4.78, 5) is 32.0. The number of hydrogen-bond donors (Lipinski definition) is 2. The molecule has 0 radical (unpaired) electrons. The smallest absolute Gasteiger partial charge is 0.408 e. The number of ether oxygens (including phenoxy) is 4. The molecule has 262 valence electrons. The van der Waals surface area contributed by atoms with Gasteiger partial charge in [0.25, 0.3) is 0 Å². The predicted octanol–water partition coefficient (Wildman–Crippen LogP) is 6.84. The van der Waals surface area contributed by atoms with Gasteiger partial charge in [-0.2, -0.15) is 0 Å². The molecule has 0 bridgehead atoms. The lowest BCUT2D eigenvalue weighted by Gasteiger charge is -2.45. The third-order valence-corrected chi connectivity index (χ3v) is 14.0. The lowest BCUT2D eigenvalue weighted by Crippen LogP contribution is -2.64. The molecule has 2 N–H and O–H groups in total. The van der Waals surface area contributed by atoms with Crippen molar-refractivity contribution in [2.24, 2.45) is 23.7 Å². The molecule has 0 saturated heterocycles. The molecule has 1 fully saturated rings. The zero-order chi connectivity index (χ0) is 34.9. The van der Waals surface area contributed by atoms with E-state index in [-0.39, 0.29) is 24.9 Å². The lowest BCUT2D eigenvalue weighted by atomic mass is 9.79. The Kier molecular flexibility index (Phi) is 13.7. The van der Waals surface area contributed by atoms with Crippen LogP contribution < -0.4 is 5.32 Å². The molecule has 1 amide bonds. The van der Waals surface area contributed by atoms with E-state index in [9.17, 15) is 14.8 Å². The number of carbonyl (C=O) groups is 2. The minimum atomic E-state index is -2.44. The van der Waals surface area contributed by atoms with Gasteiger partial charge < -0.3 is 33.5 Å². The van der Waals surface area contributed by atoms with Crippen LogP contribution in [-0.4, -0.2) is 70.3 Å². The van der Waals surface area contributed by atoms with E-state index in [0.717, 1.165) is 17.4 Å². The summed E-state index contributed by atoms with van der Waals surface area (Å²) in [7, 11) is -1.03. The van der Waals surface area contributed by atoms with Gasteiger partial charge in [0.15, 0.2) is 14.6 Å². The molecule has 0 spiro atoms. The third-order valence-electron chi connectivity index (χ3n) is 9.49. The first-order valence-corrected chi connectivity index (χ1v) is 19.2. The summed E-state index contributed by atoms with van der Waals surface area (Å²) < 4.78 is 30.8. The molecule has 47 heavy (non-hydrogen) atoms. The van der Waals surface area contributed by atoms with Gasteiger partial charge in [-0.15, -0.1) is 0 Å². The highest BCUT2D eigenvalue weighted by molar-refractivity contribution is 6.74. The molecule has 1 saturated carbocycles. The molecule has 0 heterocycles. The molecule has 1 unspecified atom stereocenters. The standard InChI is InChI=1S/C36H55NO9Si/c1-34(2,3)45-33(39)37-36(25-44-47(8,9)35(4,5)6)30(20-38)28(23-42-21-26-16-12-10-13-17-26)29(31(36)32(41-7)46-40)24-43-22-27-18-14-11-15-19-27/h10-20,28-32,40H,21-25H2,1-9H3,(H,37,39)/t28-,29-,30+,31+,32?,36-/m1/s1. The van der Waals surface area contributed by atoms with Gasteiger partial charge in [-0.05, 0) is 61.9 Å². The summed E-state index contributed by atoms with van der Waals surface area (Å²) in [5, 5.41) is 13.1. The van der Waals surface area contributed by atoms with E-state index in [0.29, 0.717) is 13.2 Å². The van der Waals surface area contributed by atoms with Crippen LogP contribution in [0.4, 0.5) is 4.79 Å². The average Bonchev–Trinajstić information content (AvgIpc) is 3.24. The molecule has 3 rings (SSSR count). The first kappa shape index (κ1) is 38.8. The van der Waals surface area contributed by atoms with Crippen LogP contribution in [0.25, 0.3) is 0 Å². The van der Waals surface area contributed by atoms with Crippen LogP contribution in [0.5, 0.6) is 0 Å². The lowest BCUT2D eigenvalue weighted by molar-refractivity contribution is -0.363. The van der Waals surface area contributed by atoms with Crippen molar-refractivity contribution in [2.75, 3.05) is 26.9 Å². The zero-order valence-corrected chi connectivity index (χ0v) is 30.5. The van der Waals surface area contributed by atoms with Crippen molar-refractivity contribution in [1.29, 1.82) is 0 Å². The van der Waals surface area contributed by atoms with Crippen molar-refractivity contribution in [3.8, 4) is 0 Å². The Labute approximate surface area is 281 Å². The second kappa shape index (κ2) is 16.6. The highest BCUT2D eigenvalue weighted by atomic mass is 28.4. The van der Waals surface area contributed by atoms with Gasteiger partial charge in [0.2, 0.25) is 0 Å². The Bertz CT molecular complexity index is 1240. The molecule has 11 heteroatoms. The first-order chi connectivity index (χ1) is 22.1. The van der Waals surface area contributed by atoms with E-state index in [1.165, 1.54) is 7.11 Å². The van der Waals surface area contributed by atoms with Gasteiger partial charge in [-0.1, -0.05) is 81.4 Å². The van der Waals surface area contributed by atoms with Gasteiger partial charge in [0.1, 0.15) is 11.9 Å². The molecular weight excluding hydrogens is 618 g/mol. The number of benzene rings is 2. The Morgan fingerprint density at radius 2 is 1.43 bits per heavy atom. The Balaban J connectivity index is 2.13. The van der Waals surface area contributed by atoms with Gasteiger partial charge in [-0.3, -0.25) is 0 Å². The molecular formula is C36H55NO9Si. The molecule has 6 atom stereocenters. The van der Waals surface area contributed by atoms with E-state index in [2.05, 4.69) is 39.2 Å². The zero-order valence-electron chi connectivity index (χ0n) is 29.5. The third kappa shape index (κ3) is 10.2. The number of hydrogen-bond acceptors (Lipinski definition) is 9. The van der Waals surface area contributed by atoms with Crippen molar-refractivity contribution < 1.29 is 43.1 Å². The van der Waals surface area contributed by atoms with E-state index < -0.39 is 55.5 Å². The number of rotatable bonds is 16. The second-order valence-electron chi connectivity index (χ2n) is 14.9. The fraction of sp³-hybridized carbons (Fsp3) is 0.611. The average molecular weight is 674 g/mol. The maximum atomic E-state index is 13.7. The molecule has 10 nitrogen and oxygen atoms in total. The van der Waals surface area contributed by atoms with Crippen LogP contribution in [-0.2, 0) is 46.3 Å². The predicted molar refractivity (Wildman–Crippen MR) is 182 cm³/mol. The molecule has 0 aliphatic heterocycles. The normalized spacial score (nSPS) is 24.1. The number of nitrogens with one attached hydrogen (secondary N) is 1. The number of aldehydes is 1. The Morgan fingerprint density at radius 3 is 1.85 bits per heavy atom. The van der Waals surface area contributed by atoms with Crippen molar-refractivity contribution in [3.63, 3.8) is 0 Å². The van der Waals surface area contributed by atoms with Crippen LogP contribution in [0.3, 0.4) is 0 Å². The molecule has 1 aliphatic carbocycles. The minimum Gasteiger partial charge on any atom is -0.444 e. The Morgan fingerprint density at radius 1 is 0.915 bits per heavy atom. The molecule has 2 aromatic carbocycles. The number of methoxy groups -OCH3 is 1. The van der Waals surface area contributed by atoms with Gasteiger partial charge >= 0.3 is 6.09 Å². The number of amides is 1. The van der Waals surface area contributed by atoms with E-state index >= 15 is 0 Å². The summed E-state index contributed by atoms with van der Waals surface area (Å²) in [6, 6.07) is 19.5. The molecule has 2 aromatic rings. The van der Waals surface area contributed by atoms with Crippen molar-refractivity contribution >= 4 is 20.7 Å². The van der Waals surface area contributed by atoms with Gasteiger partial charge in [0, 0.05) is 18.9 Å². The topological polar surface area (TPSA) is 122 Å². The van der Waals surface area contributed by atoms with Crippen molar-refractivity contribution in [3.05, 3.63) is 71.8 Å². The fourth-order valence-corrected chi connectivity index (χ4v) is 7.11. The van der Waals surface area contributed by atoms with Crippen LogP contribution in [0, 0.1) is 23.7 Å². The van der Waals surface area contributed by atoms with Gasteiger partial charge in [0.05, 0.1) is 38.6 Å². The van der Waals surface area contributed by atoms with Crippen LogP contribution in [0.2, 0.25) is 18.1 Å². The SMILES string of the molecule is COC(OO)[C@@H]1[C@H](COCc2ccccc2)[C@@H](COCc2ccccc2)[C@H](C=O)[C@@]1(CO[Si](C)(C)C(C)(C)C)NC(=O)OC(C)(C)C. The first-order valence-electron chi connectivity index (χ1n) is 16.3. The highest BCUT2D eigenvalue weighted by Crippen LogP contribution is 2.52. The van der Waals surface area contributed by atoms with E-state index in [4.69, 9.17) is 28.3 Å². The quantitative estimate of drug-likeness (QED) is 0.0648. The second-order valence-corrected chi connectivity index (χ2v) is 19.8. The van der Waals surface area contributed by atoms with Crippen LogP contribution in [0.15, 0.2) is 60.7 Å². The Hall–Kier alpha value is -2.64. The summed E-state index contributed by atoms with van der Waals surface area (Å²) in [6.07, 6.45) is -1.13. The van der Waals surface area contributed by atoms with Gasteiger partial charge in [-0.25, -0.2) is 14.9 Å². The van der Waals surface area contributed by atoms with E-state index in [1.54, 1.807) is 20.8 Å². The van der Waals surface area contributed by atoms with Crippen LogP contribution >= 0.6 is 0 Å². The number of carbonyl (C=O) groups excluding carboxylic acids is 2. The van der Waals surface area contributed by atoms with Crippen LogP contribution in [0.1, 0.15) is 52.7 Å². The summed E-state index contributed by atoms with van der Waals surface area (Å²) in [6.45, 7) is 16.8. The largest absolute Gasteiger partial charge is 0.444 e. The minimum absolute atomic E-state index is 0.0512. The van der Waals surface area contributed by atoms with E-state index in [1.807, 2.05) is 60.7 Å². The molecule has 1 aliphatic rings. The van der Waals surface area contributed by atoms with Crippen molar-refractivity contribution in [2.45, 2.75) is 90.3 Å². The number of alkyl carbamates (subject to hydrolysis) is 1. The monoisotopic (exact) mass is 673 g/mol.